The summed E-state index contributed by atoms with van der Waals surface area (Å²) < 4.78 is 1.84. The van der Waals surface area contributed by atoms with Crippen LogP contribution in [0.1, 0.15) is 19.5 Å². The van der Waals surface area contributed by atoms with Crippen molar-refractivity contribution in [3.8, 4) is 11.4 Å². The van der Waals surface area contributed by atoms with Crippen LogP contribution >= 0.6 is 11.8 Å². The molecule has 0 bridgehead atoms. The average Bonchev–Trinajstić information content (AvgIpc) is 2.80. The molecule has 2 aromatic rings. The predicted octanol–water partition coefficient (Wildman–Crippen LogP) is 3.22. The minimum absolute atomic E-state index is 0.0710. The third kappa shape index (κ3) is 2.70. The number of rotatable bonds is 4. The van der Waals surface area contributed by atoms with Gasteiger partial charge >= 0.3 is 0 Å². The third-order valence-electron chi connectivity index (χ3n) is 2.90. The highest BCUT2D eigenvalue weighted by Crippen LogP contribution is 2.25. The van der Waals surface area contributed by atoms with Crippen molar-refractivity contribution in [3.63, 3.8) is 0 Å². The normalized spacial score (nSPS) is 11.7. The van der Waals surface area contributed by atoms with E-state index in [9.17, 15) is 5.11 Å². The Bertz CT molecular complexity index is 517. The Morgan fingerprint density at radius 2 is 1.89 bits per heavy atom. The monoisotopic (exact) mass is 262 g/mol. The highest BCUT2D eigenvalue weighted by Gasteiger charge is 2.22. The molecule has 96 valence electrons. The van der Waals surface area contributed by atoms with Gasteiger partial charge in [-0.3, -0.25) is 0 Å². The van der Waals surface area contributed by atoms with Gasteiger partial charge in [0.1, 0.15) is 5.75 Å². The van der Waals surface area contributed by atoms with Gasteiger partial charge in [-0.05, 0) is 36.6 Å². The molecule has 2 rings (SSSR count). The van der Waals surface area contributed by atoms with Crippen molar-refractivity contribution < 1.29 is 5.11 Å². The first-order chi connectivity index (χ1) is 8.53. The highest BCUT2D eigenvalue weighted by atomic mass is 32.2. The van der Waals surface area contributed by atoms with Gasteiger partial charge in [-0.2, -0.15) is 16.9 Å². The summed E-state index contributed by atoms with van der Waals surface area (Å²) in [6, 6.07) is 9.11. The van der Waals surface area contributed by atoms with Gasteiger partial charge in [-0.15, -0.1) is 0 Å². The Balaban J connectivity index is 2.28. The Morgan fingerprint density at radius 3 is 2.50 bits per heavy atom. The van der Waals surface area contributed by atoms with Crippen molar-refractivity contribution in [2.45, 2.75) is 19.3 Å². The highest BCUT2D eigenvalue weighted by molar-refractivity contribution is 7.98. The van der Waals surface area contributed by atoms with E-state index in [-0.39, 0.29) is 11.2 Å². The molecule has 3 nitrogen and oxygen atoms in total. The second-order valence-corrected chi connectivity index (χ2v) is 5.84. The van der Waals surface area contributed by atoms with E-state index in [1.807, 2.05) is 34.8 Å². The van der Waals surface area contributed by atoms with Crippen LogP contribution in [0.25, 0.3) is 5.69 Å². The van der Waals surface area contributed by atoms with Crippen LogP contribution in [0, 0.1) is 0 Å². The molecular weight excluding hydrogens is 244 g/mol. The van der Waals surface area contributed by atoms with Gasteiger partial charge in [-0.25, -0.2) is 4.68 Å². The Labute approximate surface area is 112 Å². The zero-order valence-corrected chi connectivity index (χ0v) is 11.7. The first-order valence-electron chi connectivity index (χ1n) is 5.87. The molecular formula is C14H18N2OS. The number of phenols is 1. The smallest absolute Gasteiger partial charge is 0.115 e. The number of phenolic OH excluding ortho intramolecular Hbond substituents is 1. The molecule has 0 radical (unpaired) electrons. The summed E-state index contributed by atoms with van der Waals surface area (Å²) in [6.45, 7) is 4.40. The van der Waals surface area contributed by atoms with Crippen molar-refractivity contribution in [1.82, 2.24) is 9.78 Å². The van der Waals surface area contributed by atoms with Crippen LogP contribution in [0.15, 0.2) is 36.5 Å². The van der Waals surface area contributed by atoms with E-state index in [0.29, 0.717) is 0 Å². The molecule has 0 unspecified atom stereocenters. The van der Waals surface area contributed by atoms with Crippen LogP contribution in [0.2, 0.25) is 0 Å². The predicted molar refractivity (Wildman–Crippen MR) is 76.6 cm³/mol. The lowest BCUT2D eigenvalue weighted by Gasteiger charge is -2.20. The molecule has 0 aliphatic heterocycles. The van der Waals surface area contributed by atoms with Crippen LogP contribution in [0.3, 0.4) is 0 Å². The molecule has 0 saturated heterocycles. The molecule has 0 fully saturated rings. The molecule has 1 N–H and O–H groups in total. The van der Waals surface area contributed by atoms with Crippen LogP contribution in [0.4, 0.5) is 0 Å². The first kappa shape index (κ1) is 13.0. The molecule has 1 heterocycles. The standard InChI is InChI=1S/C14H18N2OS/c1-14(2,10-18-3)13-8-9-16(15-13)11-4-6-12(17)7-5-11/h4-9,17H,10H2,1-3H3. The number of aromatic nitrogens is 2. The summed E-state index contributed by atoms with van der Waals surface area (Å²) in [5.41, 5.74) is 2.12. The van der Waals surface area contributed by atoms with E-state index in [1.54, 1.807) is 12.1 Å². The first-order valence-corrected chi connectivity index (χ1v) is 7.27. The summed E-state index contributed by atoms with van der Waals surface area (Å²) in [5.74, 6) is 1.31. The van der Waals surface area contributed by atoms with Crippen molar-refractivity contribution in [2.75, 3.05) is 12.0 Å². The number of aromatic hydroxyl groups is 1. The van der Waals surface area contributed by atoms with Gasteiger partial charge in [0.2, 0.25) is 0 Å². The Hall–Kier alpha value is -1.42. The lowest BCUT2D eigenvalue weighted by Crippen LogP contribution is -2.21. The van der Waals surface area contributed by atoms with Crippen molar-refractivity contribution >= 4 is 11.8 Å². The Kier molecular flexibility index (Phi) is 3.66. The molecule has 0 atom stereocenters. The lowest BCUT2D eigenvalue weighted by atomic mass is 9.92. The van der Waals surface area contributed by atoms with Crippen LogP contribution in [-0.2, 0) is 5.41 Å². The van der Waals surface area contributed by atoms with Crippen LogP contribution in [0.5, 0.6) is 5.75 Å². The second-order valence-electron chi connectivity index (χ2n) is 4.98. The van der Waals surface area contributed by atoms with E-state index in [2.05, 4.69) is 31.3 Å². The van der Waals surface area contributed by atoms with Crippen molar-refractivity contribution in [2.24, 2.45) is 0 Å². The number of hydrogen-bond acceptors (Lipinski definition) is 3. The zero-order valence-electron chi connectivity index (χ0n) is 10.9. The minimum Gasteiger partial charge on any atom is -0.508 e. The number of nitrogens with zero attached hydrogens (tertiary/aromatic N) is 2. The minimum atomic E-state index is 0.0710. The molecule has 4 heteroatoms. The van der Waals surface area contributed by atoms with Gasteiger partial charge in [0.25, 0.3) is 0 Å². The van der Waals surface area contributed by atoms with Crippen molar-refractivity contribution in [1.29, 1.82) is 0 Å². The SMILES string of the molecule is CSCC(C)(C)c1ccn(-c2ccc(O)cc2)n1. The van der Waals surface area contributed by atoms with Gasteiger partial charge < -0.3 is 5.11 Å². The molecule has 1 aromatic heterocycles. The molecule has 0 saturated carbocycles. The second kappa shape index (κ2) is 5.06. The number of benzene rings is 1. The molecule has 0 amide bonds. The van der Waals surface area contributed by atoms with Gasteiger partial charge in [-0.1, -0.05) is 13.8 Å². The van der Waals surface area contributed by atoms with Gasteiger partial charge in [0.05, 0.1) is 11.4 Å². The fraction of sp³-hybridized carbons (Fsp3) is 0.357. The maximum atomic E-state index is 9.28. The zero-order chi connectivity index (χ0) is 13.2. The molecule has 0 spiro atoms. The summed E-state index contributed by atoms with van der Waals surface area (Å²) >= 11 is 1.83. The van der Waals surface area contributed by atoms with Crippen LogP contribution < -0.4 is 0 Å². The summed E-state index contributed by atoms with van der Waals surface area (Å²) in [7, 11) is 0. The van der Waals surface area contributed by atoms with E-state index < -0.39 is 0 Å². The number of hydrogen-bond donors (Lipinski definition) is 1. The van der Waals surface area contributed by atoms with E-state index in [4.69, 9.17) is 0 Å². The fourth-order valence-corrected chi connectivity index (χ4v) is 2.74. The van der Waals surface area contributed by atoms with E-state index in [1.165, 1.54) is 0 Å². The van der Waals surface area contributed by atoms with Gasteiger partial charge in [0, 0.05) is 17.4 Å². The van der Waals surface area contributed by atoms with Crippen molar-refractivity contribution in [3.05, 3.63) is 42.2 Å². The fourth-order valence-electron chi connectivity index (χ4n) is 1.87. The third-order valence-corrected chi connectivity index (χ3v) is 3.91. The number of thioether (sulfide) groups is 1. The summed E-state index contributed by atoms with van der Waals surface area (Å²) in [6.07, 6.45) is 4.07. The summed E-state index contributed by atoms with van der Waals surface area (Å²) in [5, 5.41) is 13.9. The lowest BCUT2D eigenvalue weighted by molar-refractivity contribution is 0.475. The maximum Gasteiger partial charge on any atom is 0.115 e. The molecule has 0 aliphatic rings. The Morgan fingerprint density at radius 1 is 1.22 bits per heavy atom. The van der Waals surface area contributed by atoms with Crippen LogP contribution in [-0.4, -0.2) is 26.9 Å². The average molecular weight is 262 g/mol. The molecule has 1 aromatic carbocycles. The topological polar surface area (TPSA) is 38.0 Å². The largest absolute Gasteiger partial charge is 0.508 e. The maximum absolute atomic E-state index is 9.28. The quantitative estimate of drug-likeness (QED) is 0.919. The summed E-state index contributed by atoms with van der Waals surface area (Å²) in [4.78, 5) is 0. The molecule has 18 heavy (non-hydrogen) atoms. The molecule has 0 aliphatic carbocycles. The van der Waals surface area contributed by atoms with Gasteiger partial charge in [0.15, 0.2) is 0 Å². The van der Waals surface area contributed by atoms with E-state index >= 15 is 0 Å². The van der Waals surface area contributed by atoms with E-state index in [0.717, 1.165) is 17.1 Å².